The Balaban J connectivity index is 2.27. The summed E-state index contributed by atoms with van der Waals surface area (Å²) in [7, 11) is 0. The summed E-state index contributed by atoms with van der Waals surface area (Å²) in [6, 6.07) is 4.70. The van der Waals surface area contributed by atoms with Crippen molar-refractivity contribution in [3.05, 3.63) is 29.6 Å². The van der Waals surface area contributed by atoms with Gasteiger partial charge in [0.2, 0.25) is 5.91 Å². The van der Waals surface area contributed by atoms with Gasteiger partial charge in [0.05, 0.1) is 0 Å². The Bertz CT molecular complexity index is 401. The number of rotatable bonds is 2. The van der Waals surface area contributed by atoms with Crippen LogP contribution in [-0.4, -0.2) is 18.2 Å². The SMILES string of the molecule is Cc1cc(F)cc(N2CC(CS)CC2=O)c1. The molecule has 1 aliphatic rings. The van der Waals surface area contributed by atoms with E-state index in [4.69, 9.17) is 0 Å². The van der Waals surface area contributed by atoms with Gasteiger partial charge >= 0.3 is 0 Å². The molecule has 1 atom stereocenters. The minimum atomic E-state index is -0.294. The van der Waals surface area contributed by atoms with Crippen LogP contribution in [0.2, 0.25) is 0 Å². The molecule has 1 unspecified atom stereocenters. The van der Waals surface area contributed by atoms with Gasteiger partial charge in [0, 0.05) is 18.7 Å². The second-order valence-corrected chi connectivity index (χ2v) is 4.61. The lowest BCUT2D eigenvalue weighted by atomic mass is 10.1. The van der Waals surface area contributed by atoms with E-state index in [0.29, 0.717) is 24.4 Å². The highest BCUT2D eigenvalue weighted by molar-refractivity contribution is 7.80. The predicted molar refractivity (Wildman–Crippen MR) is 65.5 cm³/mol. The lowest BCUT2D eigenvalue weighted by Gasteiger charge is -2.17. The number of nitrogens with zero attached hydrogens (tertiary/aromatic N) is 1. The Morgan fingerprint density at radius 3 is 2.81 bits per heavy atom. The van der Waals surface area contributed by atoms with E-state index in [1.807, 2.05) is 13.0 Å². The van der Waals surface area contributed by atoms with Crippen molar-refractivity contribution in [1.82, 2.24) is 0 Å². The summed E-state index contributed by atoms with van der Waals surface area (Å²) in [6.45, 7) is 2.47. The Morgan fingerprint density at radius 1 is 1.50 bits per heavy atom. The quantitative estimate of drug-likeness (QED) is 0.786. The minimum Gasteiger partial charge on any atom is -0.312 e. The first kappa shape index (κ1) is 11.5. The molecule has 4 heteroatoms. The summed E-state index contributed by atoms with van der Waals surface area (Å²) in [4.78, 5) is 13.4. The number of carbonyl (C=O) groups excluding carboxylic acids is 1. The first-order valence-corrected chi connectivity index (χ1v) is 5.92. The largest absolute Gasteiger partial charge is 0.312 e. The number of amides is 1. The van der Waals surface area contributed by atoms with Crippen molar-refractivity contribution >= 4 is 24.2 Å². The standard InChI is InChI=1S/C12H14FNOS/c1-8-2-10(13)5-11(3-8)14-6-9(7-16)4-12(14)15/h2-3,5,9,16H,4,6-7H2,1H3. The van der Waals surface area contributed by atoms with Crippen LogP contribution in [0.15, 0.2) is 18.2 Å². The molecule has 16 heavy (non-hydrogen) atoms. The van der Waals surface area contributed by atoms with E-state index in [1.165, 1.54) is 12.1 Å². The molecule has 0 spiro atoms. The van der Waals surface area contributed by atoms with Crippen LogP contribution in [0.3, 0.4) is 0 Å². The van der Waals surface area contributed by atoms with Gasteiger partial charge in [0.1, 0.15) is 5.82 Å². The number of carbonyl (C=O) groups is 1. The smallest absolute Gasteiger partial charge is 0.227 e. The van der Waals surface area contributed by atoms with Gasteiger partial charge in [-0.3, -0.25) is 4.79 Å². The summed E-state index contributed by atoms with van der Waals surface area (Å²) < 4.78 is 13.2. The maximum Gasteiger partial charge on any atom is 0.227 e. The average molecular weight is 239 g/mol. The van der Waals surface area contributed by atoms with Crippen molar-refractivity contribution in [2.24, 2.45) is 5.92 Å². The molecule has 2 rings (SSSR count). The Morgan fingerprint density at radius 2 is 2.25 bits per heavy atom. The van der Waals surface area contributed by atoms with Gasteiger partial charge in [0.25, 0.3) is 0 Å². The van der Waals surface area contributed by atoms with Gasteiger partial charge in [-0.25, -0.2) is 4.39 Å². The van der Waals surface area contributed by atoms with Gasteiger partial charge in [-0.1, -0.05) is 0 Å². The summed E-state index contributed by atoms with van der Waals surface area (Å²) in [6.07, 6.45) is 0.513. The fourth-order valence-corrected chi connectivity index (χ4v) is 2.27. The number of hydrogen-bond acceptors (Lipinski definition) is 2. The summed E-state index contributed by atoms with van der Waals surface area (Å²) in [5.74, 6) is 0.733. The molecule has 1 amide bonds. The number of anilines is 1. The molecule has 1 heterocycles. The highest BCUT2D eigenvalue weighted by atomic mass is 32.1. The molecule has 0 aromatic heterocycles. The van der Waals surface area contributed by atoms with E-state index >= 15 is 0 Å². The normalized spacial score (nSPS) is 20.6. The van der Waals surface area contributed by atoms with Crippen molar-refractivity contribution in [2.45, 2.75) is 13.3 Å². The molecule has 1 saturated heterocycles. The fourth-order valence-electron chi connectivity index (χ4n) is 2.03. The molecule has 86 valence electrons. The minimum absolute atomic E-state index is 0.0593. The van der Waals surface area contributed by atoms with Crippen LogP contribution >= 0.6 is 12.6 Å². The van der Waals surface area contributed by atoms with Crippen LogP contribution in [-0.2, 0) is 4.79 Å². The highest BCUT2D eigenvalue weighted by Gasteiger charge is 2.29. The molecule has 0 N–H and O–H groups in total. The van der Waals surface area contributed by atoms with Gasteiger partial charge in [0.15, 0.2) is 0 Å². The molecule has 1 fully saturated rings. The van der Waals surface area contributed by atoms with Crippen LogP contribution < -0.4 is 4.90 Å². The molecule has 1 aromatic rings. The fraction of sp³-hybridized carbons (Fsp3) is 0.417. The van der Waals surface area contributed by atoms with Gasteiger partial charge in [-0.05, 0) is 42.4 Å². The van der Waals surface area contributed by atoms with Crippen molar-refractivity contribution in [1.29, 1.82) is 0 Å². The van der Waals surface area contributed by atoms with Crippen molar-refractivity contribution in [2.75, 3.05) is 17.2 Å². The maximum absolute atomic E-state index is 13.2. The van der Waals surface area contributed by atoms with E-state index in [2.05, 4.69) is 12.6 Å². The Hall–Kier alpha value is -1.03. The van der Waals surface area contributed by atoms with E-state index < -0.39 is 0 Å². The van der Waals surface area contributed by atoms with Crippen LogP contribution in [0.25, 0.3) is 0 Å². The zero-order chi connectivity index (χ0) is 11.7. The highest BCUT2D eigenvalue weighted by Crippen LogP contribution is 2.27. The van der Waals surface area contributed by atoms with Crippen LogP contribution in [0.4, 0.5) is 10.1 Å². The molecular weight excluding hydrogens is 225 g/mol. The molecule has 0 aliphatic carbocycles. The molecule has 0 saturated carbocycles. The summed E-state index contributed by atoms with van der Waals surface area (Å²) >= 11 is 4.20. The van der Waals surface area contributed by atoms with Crippen LogP contribution in [0, 0.1) is 18.7 Å². The average Bonchev–Trinajstić information content (AvgIpc) is 2.58. The first-order valence-electron chi connectivity index (χ1n) is 5.28. The van der Waals surface area contributed by atoms with Crippen LogP contribution in [0.5, 0.6) is 0 Å². The first-order chi connectivity index (χ1) is 7.60. The second kappa shape index (κ2) is 4.45. The van der Waals surface area contributed by atoms with E-state index in [1.54, 1.807) is 4.90 Å². The zero-order valence-electron chi connectivity index (χ0n) is 9.11. The summed E-state index contributed by atoms with van der Waals surface area (Å²) in [5, 5.41) is 0. The Kier molecular flexibility index (Phi) is 3.19. The lowest BCUT2D eigenvalue weighted by molar-refractivity contribution is -0.117. The molecule has 0 bridgehead atoms. The summed E-state index contributed by atoms with van der Waals surface area (Å²) in [5.41, 5.74) is 1.49. The third-order valence-electron chi connectivity index (χ3n) is 2.80. The predicted octanol–water partition coefficient (Wildman–Crippen LogP) is 2.42. The van der Waals surface area contributed by atoms with E-state index in [9.17, 15) is 9.18 Å². The number of thiol groups is 1. The number of hydrogen-bond donors (Lipinski definition) is 1. The van der Waals surface area contributed by atoms with Crippen LogP contribution in [0.1, 0.15) is 12.0 Å². The molecule has 0 radical (unpaired) electrons. The van der Waals surface area contributed by atoms with Gasteiger partial charge < -0.3 is 4.90 Å². The second-order valence-electron chi connectivity index (χ2n) is 4.24. The number of halogens is 1. The number of benzene rings is 1. The molecule has 1 aromatic carbocycles. The third kappa shape index (κ3) is 2.21. The number of aryl methyl sites for hydroxylation is 1. The third-order valence-corrected chi connectivity index (χ3v) is 3.32. The van der Waals surface area contributed by atoms with E-state index in [0.717, 1.165) is 5.56 Å². The van der Waals surface area contributed by atoms with Gasteiger partial charge in [-0.2, -0.15) is 12.6 Å². The zero-order valence-corrected chi connectivity index (χ0v) is 10.0. The Labute approximate surface area is 99.9 Å². The van der Waals surface area contributed by atoms with Crippen molar-refractivity contribution in [3.8, 4) is 0 Å². The van der Waals surface area contributed by atoms with Crippen molar-refractivity contribution in [3.63, 3.8) is 0 Å². The molecular formula is C12H14FNOS. The lowest BCUT2D eigenvalue weighted by Crippen LogP contribution is -2.24. The van der Waals surface area contributed by atoms with Gasteiger partial charge in [-0.15, -0.1) is 0 Å². The topological polar surface area (TPSA) is 20.3 Å². The van der Waals surface area contributed by atoms with Crippen molar-refractivity contribution < 1.29 is 9.18 Å². The maximum atomic E-state index is 13.2. The molecule has 2 nitrogen and oxygen atoms in total. The van der Waals surface area contributed by atoms with E-state index in [-0.39, 0.29) is 17.6 Å². The molecule has 1 aliphatic heterocycles. The monoisotopic (exact) mass is 239 g/mol.